The monoisotopic (exact) mass is 757 g/mol. The number of Topliss-reactive ketones (excluding diaryl/α,β-unsaturated/α-hetero) is 1. The topological polar surface area (TPSA) is 200 Å². The molecule has 0 aliphatic carbocycles. The standard InChI is InChI=1S/C38H63NO14/c1-11-28(42)51-27-18-29(43)48-21(3)15-13-12-14-16-26(41)20(2)17-25(22(4)40)34(35(27)47-10)53-37-32(44)31(39(8)9)33(23(5)50-37)52-30-19-38(7,46)36(45)24(6)49-30/h12-14,16,20-21,23-27,30-37,41,44-46H,11,15,17-19H2,1-10H3. The predicted octanol–water partition coefficient (Wildman–Crippen LogP) is 1.81. The Bertz CT molecular complexity index is 1260. The summed E-state index contributed by atoms with van der Waals surface area (Å²) in [5.74, 6) is -3.08. The van der Waals surface area contributed by atoms with Gasteiger partial charge in [-0.2, -0.15) is 0 Å². The SMILES string of the molecule is CCC(=O)OC1CC(=O)OC(C)CC=CC=CC(O)C(C)CC(C(C)=O)C(OC2OC(C)C(OC3CC(C)(O)C(O)C(C)O3)C(N(C)C)C2O)C1OC. The Morgan fingerprint density at radius 3 is 2.26 bits per heavy atom. The number of carbonyl (C=O) groups is 3. The number of carbonyl (C=O) groups excluding carboxylic acids is 3. The lowest BCUT2D eigenvalue weighted by Gasteiger charge is -2.50. The lowest BCUT2D eigenvalue weighted by atomic mass is 9.82. The fraction of sp³-hybridized carbons (Fsp3) is 0.816. The zero-order valence-electron chi connectivity index (χ0n) is 32.8. The van der Waals surface area contributed by atoms with Crippen LogP contribution in [-0.4, -0.2) is 150 Å². The van der Waals surface area contributed by atoms with Crippen LogP contribution in [0.15, 0.2) is 24.3 Å². The van der Waals surface area contributed by atoms with E-state index in [1.807, 2.05) is 0 Å². The molecule has 16 atom stereocenters. The van der Waals surface area contributed by atoms with Crippen molar-refractivity contribution >= 4 is 17.7 Å². The van der Waals surface area contributed by atoms with Crippen LogP contribution in [-0.2, 0) is 47.5 Å². The van der Waals surface area contributed by atoms with Gasteiger partial charge in [-0.25, -0.2) is 0 Å². The minimum absolute atomic E-state index is 0.00779. The molecule has 2 saturated heterocycles. The summed E-state index contributed by atoms with van der Waals surface area (Å²) in [7, 11) is 4.82. The van der Waals surface area contributed by atoms with E-state index in [-0.39, 0.29) is 25.0 Å². The molecule has 0 amide bonds. The van der Waals surface area contributed by atoms with Crippen LogP contribution in [0.4, 0.5) is 0 Å². The van der Waals surface area contributed by atoms with Gasteiger partial charge in [-0.1, -0.05) is 38.2 Å². The van der Waals surface area contributed by atoms with Crippen molar-refractivity contribution < 1.29 is 68.0 Å². The van der Waals surface area contributed by atoms with Crippen LogP contribution in [0, 0.1) is 11.8 Å². The molecule has 0 bridgehead atoms. The summed E-state index contributed by atoms with van der Waals surface area (Å²) in [5, 5.41) is 44.2. The minimum Gasteiger partial charge on any atom is -0.462 e. The van der Waals surface area contributed by atoms with Gasteiger partial charge in [0.15, 0.2) is 12.6 Å². The highest BCUT2D eigenvalue weighted by Gasteiger charge is 2.52. The molecule has 15 nitrogen and oxygen atoms in total. The van der Waals surface area contributed by atoms with Crippen molar-refractivity contribution in [1.82, 2.24) is 4.90 Å². The molecule has 16 unspecified atom stereocenters. The van der Waals surface area contributed by atoms with Crippen molar-refractivity contribution in [2.75, 3.05) is 21.2 Å². The summed E-state index contributed by atoms with van der Waals surface area (Å²) in [5.41, 5.74) is -1.49. The minimum atomic E-state index is -1.49. The second kappa shape index (κ2) is 20.0. The number of nitrogens with zero attached hydrogens (tertiary/aromatic N) is 1. The fourth-order valence-electron chi connectivity index (χ4n) is 7.29. The summed E-state index contributed by atoms with van der Waals surface area (Å²) in [6, 6.07) is -0.772. The average Bonchev–Trinajstić information content (AvgIpc) is 3.06. The van der Waals surface area contributed by atoms with E-state index < -0.39 is 115 Å². The third-order valence-corrected chi connectivity index (χ3v) is 10.4. The zero-order chi connectivity index (χ0) is 39.8. The number of cyclic esters (lactones) is 1. The number of allylic oxidation sites excluding steroid dienone is 2. The Morgan fingerprint density at radius 1 is 1.00 bits per heavy atom. The number of ether oxygens (including phenoxy) is 7. The molecule has 3 aliphatic heterocycles. The van der Waals surface area contributed by atoms with E-state index in [0.717, 1.165) is 0 Å². The number of likely N-dealkylation sites (N-methyl/N-ethyl adjacent to an activating group) is 1. The molecule has 0 aromatic carbocycles. The normalized spacial score (nSPS) is 42.2. The molecular formula is C38H63NO14. The molecule has 0 spiro atoms. The van der Waals surface area contributed by atoms with Crippen molar-refractivity contribution in [2.24, 2.45) is 11.8 Å². The van der Waals surface area contributed by atoms with E-state index >= 15 is 0 Å². The first-order chi connectivity index (χ1) is 24.8. The molecule has 3 heterocycles. The smallest absolute Gasteiger partial charge is 0.309 e. The molecule has 15 heteroatoms. The highest BCUT2D eigenvalue weighted by atomic mass is 16.7. The lowest BCUT2D eigenvalue weighted by Crippen LogP contribution is -2.66. The molecule has 0 aromatic heterocycles. The number of hydrogen-bond donors (Lipinski definition) is 4. The number of methoxy groups -OCH3 is 1. The molecule has 0 aromatic rings. The number of aliphatic hydroxyl groups excluding tert-OH is 3. The molecule has 0 saturated carbocycles. The number of aliphatic hydroxyl groups is 4. The number of ketones is 1. The van der Waals surface area contributed by atoms with Gasteiger partial charge < -0.3 is 58.5 Å². The van der Waals surface area contributed by atoms with Crippen LogP contribution in [0.1, 0.15) is 80.6 Å². The Morgan fingerprint density at radius 2 is 1.68 bits per heavy atom. The van der Waals surface area contributed by atoms with Crippen LogP contribution in [0.2, 0.25) is 0 Å². The molecule has 3 aliphatic rings. The Hall–Kier alpha value is -2.31. The first-order valence-corrected chi connectivity index (χ1v) is 18.6. The van der Waals surface area contributed by atoms with E-state index in [1.54, 1.807) is 77.9 Å². The first kappa shape index (κ1) is 45.1. The maximum absolute atomic E-state index is 13.6. The fourth-order valence-corrected chi connectivity index (χ4v) is 7.29. The average molecular weight is 758 g/mol. The van der Waals surface area contributed by atoms with Gasteiger partial charge in [0, 0.05) is 32.3 Å². The molecule has 304 valence electrons. The molecule has 4 N–H and O–H groups in total. The van der Waals surface area contributed by atoms with Crippen molar-refractivity contribution in [1.29, 1.82) is 0 Å². The van der Waals surface area contributed by atoms with Crippen LogP contribution in [0.3, 0.4) is 0 Å². The third-order valence-electron chi connectivity index (χ3n) is 10.4. The second-order valence-electron chi connectivity index (χ2n) is 15.2. The van der Waals surface area contributed by atoms with Crippen molar-refractivity contribution in [2.45, 2.75) is 166 Å². The van der Waals surface area contributed by atoms with E-state index in [4.69, 9.17) is 33.2 Å². The van der Waals surface area contributed by atoms with Gasteiger partial charge >= 0.3 is 11.9 Å². The predicted molar refractivity (Wildman–Crippen MR) is 191 cm³/mol. The van der Waals surface area contributed by atoms with Gasteiger partial charge in [0.05, 0.1) is 36.4 Å². The van der Waals surface area contributed by atoms with Crippen molar-refractivity contribution in [3.63, 3.8) is 0 Å². The molecule has 0 radical (unpaired) electrons. The van der Waals surface area contributed by atoms with Gasteiger partial charge in [0.1, 0.15) is 48.5 Å². The van der Waals surface area contributed by atoms with Crippen LogP contribution < -0.4 is 0 Å². The van der Waals surface area contributed by atoms with Gasteiger partial charge in [-0.05, 0) is 61.1 Å². The molecule has 3 rings (SSSR count). The van der Waals surface area contributed by atoms with Crippen LogP contribution >= 0.6 is 0 Å². The van der Waals surface area contributed by atoms with Crippen molar-refractivity contribution in [3.05, 3.63) is 24.3 Å². The van der Waals surface area contributed by atoms with Gasteiger partial charge in [-0.15, -0.1) is 0 Å². The second-order valence-corrected chi connectivity index (χ2v) is 15.2. The van der Waals surface area contributed by atoms with Crippen LogP contribution in [0.25, 0.3) is 0 Å². The summed E-state index contributed by atoms with van der Waals surface area (Å²) in [6.07, 6.45) is -5.53. The van der Waals surface area contributed by atoms with Gasteiger partial charge in [-0.3, -0.25) is 14.4 Å². The highest BCUT2D eigenvalue weighted by molar-refractivity contribution is 5.79. The Balaban J connectivity index is 2.05. The largest absolute Gasteiger partial charge is 0.462 e. The number of esters is 2. The maximum atomic E-state index is 13.6. The number of hydrogen-bond acceptors (Lipinski definition) is 15. The lowest BCUT2D eigenvalue weighted by molar-refractivity contribution is -0.343. The zero-order valence-corrected chi connectivity index (χ0v) is 32.8. The van der Waals surface area contributed by atoms with Crippen molar-refractivity contribution in [3.8, 4) is 0 Å². The summed E-state index contributed by atoms with van der Waals surface area (Å²) >= 11 is 0. The van der Waals surface area contributed by atoms with E-state index in [2.05, 4.69) is 0 Å². The highest BCUT2D eigenvalue weighted by Crippen LogP contribution is 2.36. The molecule has 2 fully saturated rings. The Kier molecular flexibility index (Phi) is 17.0. The maximum Gasteiger partial charge on any atom is 0.309 e. The third kappa shape index (κ3) is 12.1. The van der Waals surface area contributed by atoms with Gasteiger partial charge in [0.2, 0.25) is 0 Å². The number of rotatable bonds is 9. The van der Waals surface area contributed by atoms with E-state index in [9.17, 15) is 34.8 Å². The summed E-state index contributed by atoms with van der Waals surface area (Å²) in [6.45, 7) is 11.3. The molecular weight excluding hydrogens is 694 g/mol. The summed E-state index contributed by atoms with van der Waals surface area (Å²) < 4.78 is 42.4. The summed E-state index contributed by atoms with van der Waals surface area (Å²) in [4.78, 5) is 41.3. The van der Waals surface area contributed by atoms with E-state index in [1.165, 1.54) is 21.0 Å². The first-order valence-electron chi connectivity index (χ1n) is 18.6. The van der Waals surface area contributed by atoms with E-state index in [0.29, 0.717) is 6.42 Å². The molecule has 53 heavy (non-hydrogen) atoms. The van der Waals surface area contributed by atoms with Gasteiger partial charge in [0.25, 0.3) is 0 Å². The Labute approximate surface area is 313 Å². The quantitative estimate of drug-likeness (QED) is 0.248. The van der Waals surface area contributed by atoms with Crippen LogP contribution in [0.5, 0.6) is 0 Å².